The average molecular weight is 1470 g/mol. The molecule has 0 nitrogen and oxygen atoms in total. The van der Waals surface area contributed by atoms with Crippen LogP contribution in [-0.4, -0.2) is 0 Å². The maximum atomic E-state index is 2.24. The van der Waals surface area contributed by atoms with Crippen LogP contribution >= 0.6 is 0 Å². The summed E-state index contributed by atoms with van der Waals surface area (Å²) in [7, 11) is 0. The fourth-order valence-corrected chi connectivity index (χ4v) is 16.7. The zero-order valence-electron chi connectivity index (χ0n) is 64.8. The Hall–Kier alpha value is -14.0. The van der Waals surface area contributed by atoms with Gasteiger partial charge in [-0.05, 0) is 215 Å². The molecule has 0 saturated carbocycles. The third-order valence-corrected chi connectivity index (χ3v) is 22.6. The van der Waals surface area contributed by atoms with E-state index in [9.17, 15) is 0 Å². The first-order valence-electron chi connectivity index (χ1n) is 40.4. The summed E-state index contributed by atoms with van der Waals surface area (Å²) in [5.41, 5.74) is 27.3. The molecule has 0 heteroatoms. The highest BCUT2D eigenvalue weighted by Gasteiger charge is 2.24. The molecule has 0 aromatic heterocycles. The van der Waals surface area contributed by atoms with E-state index < -0.39 is 0 Å². The quantitative estimate of drug-likeness (QED) is 0.105. The van der Waals surface area contributed by atoms with Gasteiger partial charge in [-0.1, -0.05) is 461 Å². The van der Waals surface area contributed by atoms with E-state index in [1.54, 1.807) is 5.57 Å². The molecule has 11 aliphatic carbocycles. The predicted molar refractivity (Wildman–Crippen MR) is 496 cm³/mol. The Labute approximate surface area is 677 Å². The van der Waals surface area contributed by atoms with E-state index in [0.29, 0.717) is 5.92 Å². The Kier molecular flexibility index (Phi) is 23.1. The number of rotatable bonds is 0. The molecule has 115 heavy (non-hydrogen) atoms. The van der Waals surface area contributed by atoms with E-state index in [0.717, 1.165) is 25.7 Å². The molecule has 11 aliphatic rings. The van der Waals surface area contributed by atoms with Crippen LogP contribution in [0.15, 0.2) is 488 Å². The second-order valence-corrected chi connectivity index (χ2v) is 30.0. The van der Waals surface area contributed by atoms with Crippen LogP contribution in [0.1, 0.15) is 68.5 Å². The molecule has 0 aliphatic heterocycles. The zero-order valence-corrected chi connectivity index (χ0v) is 64.8. The minimum absolute atomic E-state index is 0.514. The molecule has 15 aromatic rings. The topological polar surface area (TPSA) is 0 Å². The van der Waals surface area contributed by atoms with E-state index >= 15 is 0 Å². The van der Waals surface area contributed by atoms with Crippen molar-refractivity contribution in [3.05, 3.63) is 544 Å². The molecule has 0 unspecified atom stereocenters. The largest absolute Gasteiger partial charge is 0.0798 e. The lowest BCUT2D eigenvalue weighted by atomic mass is 9.76. The molecule has 0 atom stereocenters. The Morgan fingerprint density at radius 2 is 0.539 bits per heavy atom. The molecule has 0 spiro atoms. The molecule has 26 rings (SSSR count). The van der Waals surface area contributed by atoms with Crippen molar-refractivity contribution in [3.63, 3.8) is 0 Å². The summed E-state index contributed by atoms with van der Waals surface area (Å²) >= 11 is 0. The van der Waals surface area contributed by atoms with Crippen LogP contribution in [0.25, 0.3) is 94.0 Å². The van der Waals surface area contributed by atoms with Gasteiger partial charge < -0.3 is 0 Å². The standard InChI is InChI=1S/C14H10.C14H12.C14H10.2C13H10.C12H8.C10H8.C9H8.C8H8.C8H6/c1-3-7-13-11(5-1)9-10-12-6-2-4-8-14(12)13;2*1-2-6-12-10-14-8-4-3-7-13(14)9-11(12)5-1;1-4-10-6-2-8-12-9-3-7-11(5-1)13(10)12;1-3-7-12-10(5-1)9-11-6-2-4-8-13(11)12;1-3-9-4-2-6-11-8-7-10(5-1)12(9)11;1-2-6-10-8-4-3-7-9(10)5-1;1-2-5-9-7-3-6-8(9)4-1;2*1-3-7-5-2-6-8(7)4-1/h1-10H;1-8H,9-10H2;1-10H;1-9,13H;1-8H,9H2;1-8H;1-8H;1-6H,7H2;1-3,5H,4,6H2;1-6H. The van der Waals surface area contributed by atoms with Gasteiger partial charge in [-0.15, -0.1) is 0 Å². The van der Waals surface area contributed by atoms with Gasteiger partial charge in [0.1, 0.15) is 0 Å². The molecule has 0 heterocycles. The first-order chi connectivity index (χ1) is 57.0. The van der Waals surface area contributed by atoms with E-state index in [1.807, 2.05) is 0 Å². The van der Waals surface area contributed by atoms with E-state index in [4.69, 9.17) is 0 Å². The van der Waals surface area contributed by atoms with Crippen LogP contribution in [0.2, 0.25) is 0 Å². The summed E-state index contributed by atoms with van der Waals surface area (Å²) in [6.07, 6.45) is 56.6. The van der Waals surface area contributed by atoms with Crippen LogP contribution in [-0.2, 0) is 25.7 Å². The van der Waals surface area contributed by atoms with E-state index in [2.05, 4.69) is 467 Å². The molecule has 0 N–H and O–H groups in total. The highest BCUT2D eigenvalue weighted by Crippen LogP contribution is 2.40. The number of allylic oxidation sites excluding steroid dienone is 27. The fourth-order valence-electron chi connectivity index (χ4n) is 16.7. The molecule has 0 saturated heterocycles. The van der Waals surface area contributed by atoms with Crippen molar-refractivity contribution in [2.45, 2.75) is 38.5 Å². The normalized spacial score (nSPS) is 14.6. The Balaban J connectivity index is 0.0000000926. The second kappa shape index (κ2) is 36.0. The predicted octanol–water partition coefficient (Wildman–Crippen LogP) is 30.1. The van der Waals surface area contributed by atoms with Gasteiger partial charge in [0.15, 0.2) is 0 Å². The maximum Gasteiger partial charge on any atom is 0.0339 e. The fraction of sp³-hybridized carbons (Fsp3) is 0.0609. The van der Waals surface area contributed by atoms with Gasteiger partial charge in [0, 0.05) is 5.92 Å². The van der Waals surface area contributed by atoms with Gasteiger partial charge in [-0.25, -0.2) is 0 Å². The lowest BCUT2D eigenvalue weighted by Gasteiger charge is -2.27. The van der Waals surface area contributed by atoms with Gasteiger partial charge in [-0.3, -0.25) is 0 Å². The van der Waals surface area contributed by atoms with Crippen LogP contribution in [0.5, 0.6) is 0 Å². The lowest BCUT2D eigenvalue weighted by molar-refractivity contribution is 0.878. The SMILES string of the molecule is C1=CC2=C(C1)CC=C2.C1=CC2=CC=CC2=C1.C1=CC2=CC=CC3=CC=CC(=C1)C23.C1=Cc2cccc3cccc1c23.C1=Cc2ccccc2C1.c1ccc2c(c1)Cc1ccccc1-2.c1ccc2c(c1)Cc1ccccc1C2.c1ccc2c(c1)ccc1ccccc12.c1ccc2cc3ccccc3cc2c1.c1ccc2ccccc2c1. The third kappa shape index (κ3) is 17.7. The Bertz CT molecular complexity index is 6110. The van der Waals surface area contributed by atoms with Gasteiger partial charge in [0.05, 0.1) is 0 Å². The molecule has 0 fully saturated rings. The Morgan fingerprint density at radius 1 is 0.209 bits per heavy atom. The van der Waals surface area contributed by atoms with Crippen LogP contribution < -0.4 is 0 Å². The minimum atomic E-state index is 0.514. The van der Waals surface area contributed by atoms with Crippen molar-refractivity contribution in [3.8, 4) is 11.1 Å². The van der Waals surface area contributed by atoms with Gasteiger partial charge >= 0.3 is 0 Å². The summed E-state index contributed by atoms with van der Waals surface area (Å²) in [5, 5.41) is 15.9. The number of benzene rings is 15. The smallest absolute Gasteiger partial charge is 0.0339 e. The Morgan fingerprint density at radius 3 is 0.965 bits per heavy atom. The average Bonchev–Trinajstić information content (AvgIpc) is 1.81. The highest BCUT2D eigenvalue weighted by atomic mass is 14.3. The van der Waals surface area contributed by atoms with Gasteiger partial charge in [0.2, 0.25) is 0 Å². The van der Waals surface area contributed by atoms with Crippen molar-refractivity contribution >= 4 is 82.9 Å². The number of hydrogen-bond acceptors (Lipinski definition) is 0. The summed E-state index contributed by atoms with van der Waals surface area (Å²) < 4.78 is 0. The van der Waals surface area contributed by atoms with Crippen molar-refractivity contribution < 1.29 is 0 Å². The molecule has 0 amide bonds. The first kappa shape index (κ1) is 73.7. The van der Waals surface area contributed by atoms with Crippen LogP contribution in [0.3, 0.4) is 0 Å². The second-order valence-electron chi connectivity index (χ2n) is 30.0. The van der Waals surface area contributed by atoms with E-state index in [-0.39, 0.29) is 0 Å². The van der Waals surface area contributed by atoms with Crippen molar-refractivity contribution in [2.75, 3.05) is 0 Å². The van der Waals surface area contributed by atoms with Crippen LogP contribution in [0, 0.1) is 5.92 Å². The lowest BCUT2D eigenvalue weighted by Crippen LogP contribution is -2.13. The van der Waals surface area contributed by atoms with Gasteiger partial charge in [-0.2, -0.15) is 0 Å². The van der Waals surface area contributed by atoms with Gasteiger partial charge in [0.25, 0.3) is 0 Å². The number of fused-ring (bicyclic) bond motifs is 13. The summed E-state index contributed by atoms with van der Waals surface area (Å²) in [6, 6.07) is 116. The third-order valence-electron chi connectivity index (χ3n) is 22.6. The molecular weight excluding hydrogens is 1380 g/mol. The summed E-state index contributed by atoms with van der Waals surface area (Å²) in [5.74, 6) is 0.514. The molecule has 0 bridgehead atoms. The van der Waals surface area contributed by atoms with Crippen molar-refractivity contribution in [1.29, 1.82) is 0 Å². The maximum absolute atomic E-state index is 2.24. The van der Waals surface area contributed by atoms with Crippen molar-refractivity contribution in [2.24, 2.45) is 5.92 Å². The first-order valence-corrected chi connectivity index (χ1v) is 40.4. The molecule has 550 valence electrons. The number of hydrogen-bond donors (Lipinski definition) is 0. The summed E-state index contributed by atoms with van der Waals surface area (Å²) in [4.78, 5) is 0. The molecular formula is C115H90. The zero-order chi connectivity index (χ0) is 77.2. The molecule has 15 aromatic carbocycles. The van der Waals surface area contributed by atoms with Crippen LogP contribution in [0.4, 0.5) is 0 Å². The minimum Gasteiger partial charge on any atom is -0.0798 e. The summed E-state index contributed by atoms with van der Waals surface area (Å²) in [6.45, 7) is 0. The van der Waals surface area contributed by atoms with Crippen molar-refractivity contribution in [1.82, 2.24) is 0 Å². The monoisotopic (exact) mass is 1470 g/mol. The molecule has 0 radical (unpaired) electrons. The van der Waals surface area contributed by atoms with E-state index in [1.165, 1.54) is 178 Å². The highest BCUT2D eigenvalue weighted by molar-refractivity contribution is 6.07.